The van der Waals surface area contributed by atoms with Crippen LogP contribution in [-0.2, 0) is 9.47 Å². The summed E-state index contributed by atoms with van der Waals surface area (Å²) in [6.07, 6.45) is 5.55. The highest BCUT2D eigenvalue weighted by atomic mass is 16.5. The Kier molecular flexibility index (Phi) is 5.42. The monoisotopic (exact) mass is 256 g/mol. The second kappa shape index (κ2) is 6.85. The molecule has 1 aliphatic carbocycles. The second-order valence-electron chi connectivity index (χ2n) is 5.89. The fraction of sp³-hybridized carbons (Fsp3) is 1.00. The summed E-state index contributed by atoms with van der Waals surface area (Å²) in [4.78, 5) is 4.72. The molecule has 1 saturated carbocycles. The minimum atomic E-state index is 0.406. The van der Waals surface area contributed by atoms with Crippen LogP contribution in [0.25, 0.3) is 0 Å². The molecule has 4 heteroatoms. The largest absolute Gasteiger partial charge is 0.379 e. The van der Waals surface area contributed by atoms with E-state index in [2.05, 4.69) is 30.8 Å². The van der Waals surface area contributed by atoms with Crippen LogP contribution in [-0.4, -0.2) is 68.6 Å². The van der Waals surface area contributed by atoms with Crippen LogP contribution < -0.4 is 0 Å². The van der Waals surface area contributed by atoms with Crippen LogP contribution in [0.3, 0.4) is 0 Å². The van der Waals surface area contributed by atoms with Crippen molar-refractivity contribution in [3.8, 4) is 0 Å². The summed E-state index contributed by atoms with van der Waals surface area (Å²) >= 11 is 0. The fourth-order valence-corrected chi connectivity index (χ4v) is 3.01. The summed E-state index contributed by atoms with van der Waals surface area (Å²) in [6.45, 7) is 5.66. The number of likely N-dealkylation sites (N-methyl/N-ethyl adjacent to an activating group) is 1. The smallest absolute Gasteiger partial charge is 0.0998 e. The molecule has 1 unspecified atom stereocenters. The summed E-state index contributed by atoms with van der Waals surface area (Å²) in [5.74, 6) is 0. The van der Waals surface area contributed by atoms with Gasteiger partial charge < -0.3 is 14.4 Å². The maximum absolute atomic E-state index is 6.20. The summed E-state index contributed by atoms with van der Waals surface area (Å²) in [5, 5.41) is 0. The molecule has 3 atom stereocenters. The highest BCUT2D eigenvalue weighted by Crippen LogP contribution is 2.24. The van der Waals surface area contributed by atoms with Crippen LogP contribution in [0.2, 0.25) is 0 Å². The average molecular weight is 256 g/mol. The van der Waals surface area contributed by atoms with Crippen LogP contribution in [0.4, 0.5) is 0 Å². The number of rotatable bonds is 4. The SMILES string of the molecule is CC1COCCN1CO[C@@H]1CCCC[C@@H]1N(C)C. The number of morpholine rings is 1. The molecule has 0 bridgehead atoms. The molecule has 2 aliphatic rings. The maximum Gasteiger partial charge on any atom is 0.0998 e. The Labute approximate surface area is 111 Å². The molecule has 1 heterocycles. The molecule has 2 fully saturated rings. The van der Waals surface area contributed by atoms with Gasteiger partial charge in [0.15, 0.2) is 0 Å². The predicted octanol–water partition coefficient (Wildman–Crippen LogP) is 1.55. The number of ether oxygens (including phenoxy) is 2. The van der Waals surface area contributed by atoms with Gasteiger partial charge in [-0.3, -0.25) is 4.90 Å². The third kappa shape index (κ3) is 3.67. The fourth-order valence-electron chi connectivity index (χ4n) is 3.01. The molecule has 1 saturated heterocycles. The number of nitrogens with zero attached hydrogens (tertiary/aromatic N) is 2. The van der Waals surface area contributed by atoms with E-state index in [0.717, 1.165) is 26.5 Å². The van der Waals surface area contributed by atoms with Gasteiger partial charge in [0.1, 0.15) is 0 Å². The second-order valence-corrected chi connectivity index (χ2v) is 5.89. The Hall–Kier alpha value is -0.160. The molecule has 4 nitrogen and oxygen atoms in total. The zero-order valence-electron chi connectivity index (χ0n) is 12.1. The molecule has 0 aromatic rings. The first kappa shape index (κ1) is 14.3. The standard InChI is InChI=1S/C14H28N2O2/c1-12-10-17-9-8-16(12)11-18-14-7-5-4-6-13(14)15(2)3/h12-14H,4-11H2,1-3H3/t12?,13-,14+/m0/s1. The van der Waals surface area contributed by atoms with E-state index in [9.17, 15) is 0 Å². The molecule has 0 aromatic heterocycles. The lowest BCUT2D eigenvalue weighted by Gasteiger charge is -2.39. The van der Waals surface area contributed by atoms with Crippen LogP contribution in [0, 0.1) is 0 Å². The Bertz CT molecular complexity index is 248. The zero-order valence-corrected chi connectivity index (χ0v) is 12.1. The van der Waals surface area contributed by atoms with Crippen LogP contribution >= 0.6 is 0 Å². The summed E-state index contributed by atoms with van der Waals surface area (Å²) in [7, 11) is 4.34. The van der Waals surface area contributed by atoms with E-state index in [0.29, 0.717) is 18.2 Å². The van der Waals surface area contributed by atoms with Crippen molar-refractivity contribution in [3.05, 3.63) is 0 Å². The van der Waals surface area contributed by atoms with Crippen molar-refractivity contribution in [3.63, 3.8) is 0 Å². The minimum absolute atomic E-state index is 0.406. The summed E-state index contributed by atoms with van der Waals surface area (Å²) in [6, 6.07) is 1.08. The molecule has 18 heavy (non-hydrogen) atoms. The van der Waals surface area contributed by atoms with Crippen molar-refractivity contribution in [1.82, 2.24) is 9.80 Å². The number of hydrogen-bond donors (Lipinski definition) is 0. The van der Waals surface area contributed by atoms with E-state index < -0.39 is 0 Å². The lowest BCUT2D eigenvalue weighted by atomic mass is 9.92. The van der Waals surface area contributed by atoms with Crippen molar-refractivity contribution in [2.24, 2.45) is 0 Å². The van der Waals surface area contributed by atoms with Crippen molar-refractivity contribution >= 4 is 0 Å². The first-order valence-corrected chi connectivity index (χ1v) is 7.28. The molecule has 1 aliphatic heterocycles. The van der Waals surface area contributed by atoms with Crippen molar-refractivity contribution in [2.45, 2.75) is 50.8 Å². The maximum atomic E-state index is 6.20. The van der Waals surface area contributed by atoms with Gasteiger partial charge in [0, 0.05) is 18.6 Å². The Balaban J connectivity index is 1.80. The van der Waals surface area contributed by atoms with Gasteiger partial charge in [-0.15, -0.1) is 0 Å². The summed E-state index contributed by atoms with van der Waals surface area (Å²) < 4.78 is 11.7. The normalized spacial score (nSPS) is 35.0. The van der Waals surface area contributed by atoms with Gasteiger partial charge in [0.05, 0.1) is 26.0 Å². The van der Waals surface area contributed by atoms with Gasteiger partial charge in [0.2, 0.25) is 0 Å². The first-order valence-electron chi connectivity index (χ1n) is 7.28. The van der Waals surface area contributed by atoms with Crippen LogP contribution in [0.1, 0.15) is 32.6 Å². The molecule has 0 radical (unpaired) electrons. The van der Waals surface area contributed by atoms with Gasteiger partial charge in [-0.25, -0.2) is 0 Å². The Morgan fingerprint density at radius 3 is 2.78 bits per heavy atom. The van der Waals surface area contributed by atoms with Gasteiger partial charge in [0.25, 0.3) is 0 Å². The van der Waals surface area contributed by atoms with Crippen LogP contribution in [0.15, 0.2) is 0 Å². The van der Waals surface area contributed by atoms with Crippen molar-refractivity contribution < 1.29 is 9.47 Å². The topological polar surface area (TPSA) is 24.9 Å². The lowest BCUT2D eigenvalue weighted by molar-refractivity contribution is -0.107. The molecule has 0 amide bonds. The predicted molar refractivity (Wildman–Crippen MR) is 72.7 cm³/mol. The van der Waals surface area contributed by atoms with Crippen molar-refractivity contribution in [2.75, 3.05) is 40.6 Å². The highest BCUT2D eigenvalue weighted by Gasteiger charge is 2.28. The average Bonchev–Trinajstić information content (AvgIpc) is 2.38. The Morgan fingerprint density at radius 1 is 1.28 bits per heavy atom. The third-order valence-electron chi connectivity index (χ3n) is 4.29. The van der Waals surface area contributed by atoms with Crippen molar-refractivity contribution in [1.29, 1.82) is 0 Å². The van der Waals surface area contributed by atoms with E-state index in [-0.39, 0.29) is 0 Å². The van der Waals surface area contributed by atoms with E-state index >= 15 is 0 Å². The number of hydrogen-bond acceptors (Lipinski definition) is 4. The van der Waals surface area contributed by atoms with Gasteiger partial charge in [-0.2, -0.15) is 0 Å². The third-order valence-corrected chi connectivity index (χ3v) is 4.29. The molecular weight excluding hydrogens is 228 g/mol. The minimum Gasteiger partial charge on any atom is -0.379 e. The van der Waals surface area contributed by atoms with Gasteiger partial charge >= 0.3 is 0 Å². The first-order chi connectivity index (χ1) is 8.68. The summed E-state index contributed by atoms with van der Waals surface area (Å²) in [5.41, 5.74) is 0. The van der Waals surface area contributed by atoms with E-state index in [1.54, 1.807) is 0 Å². The van der Waals surface area contributed by atoms with Crippen LogP contribution in [0.5, 0.6) is 0 Å². The van der Waals surface area contributed by atoms with Gasteiger partial charge in [-0.1, -0.05) is 12.8 Å². The molecule has 0 N–H and O–H groups in total. The molecule has 106 valence electrons. The van der Waals surface area contributed by atoms with E-state index in [1.165, 1.54) is 25.7 Å². The quantitative estimate of drug-likeness (QED) is 0.762. The molecule has 0 aromatic carbocycles. The Morgan fingerprint density at radius 2 is 2.06 bits per heavy atom. The molecular formula is C14H28N2O2. The van der Waals surface area contributed by atoms with Gasteiger partial charge in [-0.05, 0) is 33.9 Å². The zero-order chi connectivity index (χ0) is 13.0. The molecule has 2 rings (SSSR count). The van der Waals surface area contributed by atoms with E-state index in [4.69, 9.17) is 9.47 Å². The van der Waals surface area contributed by atoms with E-state index in [1.807, 2.05) is 0 Å². The lowest BCUT2D eigenvalue weighted by Crippen LogP contribution is -2.48. The highest BCUT2D eigenvalue weighted by molar-refractivity contribution is 4.82. The molecule has 0 spiro atoms.